The second kappa shape index (κ2) is 16.6. The molecule has 0 spiro atoms. The van der Waals surface area contributed by atoms with Crippen molar-refractivity contribution in [3.63, 3.8) is 0 Å². The van der Waals surface area contributed by atoms with Gasteiger partial charge in [-0.05, 0) is 76.3 Å². The van der Waals surface area contributed by atoms with Crippen molar-refractivity contribution < 1.29 is 36.6 Å². The summed E-state index contributed by atoms with van der Waals surface area (Å²) in [5.74, 6) is 0.836. The number of urea groups is 1. The van der Waals surface area contributed by atoms with E-state index in [-0.39, 0.29) is 29.2 Å². The van der Waals surface area contributed by atoms with Gasteiger partial charge in [-0.3, -0.25) is 15.2 Å². The molecule has 0 saturated carbocycles. The number of ether oxygens (including phenoxy) is 3. The maximum atomic E-state index is 13.7. The summed E-state index contributed by atoms with van der Waals surface area (Å²) in [6.07, 6.45) is 0.371. The lowest BCUT2D eigenvalue weighted by Gasteiger charge is -2.45. The van der Waals surface area contributed by atoms with Crippen molar-refractivity contribution in [1.29, 1.82) is 0 Å². The van der Waals surface area contributed by atoms with Crippen molar-refractivity contribution in [3.8, 4) is 5.75 Å². The van der Waals surface area contributed by atoms with Crippen LogP contribution in [0.3, 0.4) is 0 Å². The molecular formula is C38H44BrF3N6O6. The standard InChI is InChI=1S/C38H44BrF3N6O6/c1-23-14-33(30(17-29(23)39)45-36(50)46-34-20-43-24(2)19-44-34)53-22-26-21-47(9-13-52-26)8-5-11-51-12-10-48-31-18-32-27(15-25(31)6-7-37(48,3)4)28(38(40,41)42)16-35(49)54-32/h14-20,26H,5-13,21-22H2,1-4H3,(H2,44,45,46,50)/t26-/m0/s1. The van der Waals surface area contributed by atoms with E-state index < -0.39 is 23.4 Å². The van der Waals surface area contributed by atoms with Crippen LogP contribution in [0.5, 0.6) is 5.75 Å². The Morgan fingerprint density at radius 1 is 1.07 bits per heavy atom. The number of fused-ring (bicyclic) bond motifs is 2. The summed E-state index contributed by atoms with van der Waals surface area (Å²) in [5, 5.41) is 5.41. The van der Waals surface area contributed by atoms with Crippen molar-refractivity contribution >= 4 is 50.1 Å². The van der Waals surface area contributed by atoms with Crippen molar-refractivity contribution in [1.82, 2.24) is 14.9 Å². The fourth-order valence-electron chi connectivity index (χ4n) is 6.77. The van der Waals surface area contributed by atoms with Crippen molar-refractivity contribution in [2.75, 3.05) is 68.1 Å². The van der Waals surface area contributed by atoms with E-state index in [4.69, 9.17) is 18.6 Å². The summed E-state index contributed by atoms with van der Waals surface area (Å²) in [5.41, 5.74) is 1.36. The summed E-state index contributed by atoms with van der Waals surface area (Å²) in [6.45, 7) is 12.5. The highest BCUT2D eigenvalue weighted by atomic mass is 79.9. The Morgan fingerprint density at radius 2 is 1.89 bits per heavy atom. The minimum absolute atomic E-state index is 0.0764. The number of anilines is 3. The van der Waals surface area contributed by atoms with E-state index in [1.807, 2.05) is 19.9 Å². The van der Waals surface area contributed by atoms with Crippen LogP contribution >= 0.6 is 15.9 Å². The second-order valence-corrected chi connectivity index (χ2v) is 15.1. The fourth-order valence-corrected chi connectivity index (χ4v) is 7.11. The van der Waals surface area contributed by atoms with Gasteiger partial charge in [0.05, 0.1) is 42.6 Å². The number of halogens is 4. The van der Waals surface area contributed by atoms with Crippen LogP contribution in [0.4, 0.5) is 35.2 Å². The predicted molar refractivity (Wildman–Crippen MR) is 203 cm³/mol. The predicted octanol–water partition coefficient (Wildman–Crippen LogP) is 7.34. The number of aromatic nitrogens is 2. The maximum absolute atomic E-state index is 13.7. The van der Waals surface area contributed by atoms with Crippen LogP contribution in [0.15, 0.2) is 56.4 Å². The van der Waals surface area contributed by atoms with Gasteiger partial charge < -0.3 is 28.8 Å². The van der Waals surface area contributed by atoms with E-state index in [1.165, 1.54) is 12.3 Å². The van der Waals surface area contributed by atoms with E-state index in [1.54, 1.807) is 18.3 Å². The summed E-state index contributed by atoms with van der Waals surface area (Å²) in [6, 6.07) is 6.76. The van der Waals surface area contributed by atoms with Crippen molar-refractivity contribution in [2.24, 2.45) is 0 Å². The Balaban J connectivity index is 0.978. The number of carbonyl (C=O) groups excluding carboxylic acids is 1. The molecule has 1 atom stereocenters. The number of morpholine rings is 1. The molecular weight excluding hydrogens is 773 g/mol. The van der Waals surface area contributed by atoms with Crippen LogP contribution in [0.2, 0.25) is 0 Å². The molecule has 12 nitrogen and oxygen atoms in total. The molecule has 2 N–H and O–H groups in total. The van der Waals surface area contributed by atoms with E-state index >= 15 is 0 Å². The van der Waals surface area contributed by atoms with Gasteiger partial charge in [0, 0.05) is 66.0 Å². The molecule has 290 valence electrons. The lowest BCUT2D eigenvalue weighted by molar-refractivity contribution is -0.136. The van der Waals surface area contributed by atoms with Gasteiger partial charge in [-0.2, -0.15) is 13.2 Å². The third kappa shape index (κ3) is 9.70. The lowest BCUT2D eigenvalue weighted by atomic mass is 9.86. The zero-order chi connectivity index (χ0) is 38.6. The Hall–Kier alpha value is -4.25. The Morgan fingerprint density at radius 3 is 2.65 bits per heavy atom. The molecule has 0 bridgehead atoms. The summed E-state index contributed by atoms with van der Waals surface area (Å²) < 4.78 is 65.5. The molecule has 2 aliphatic heterocycles. The van der Waals surface area contributed by atoms with Crippen molar-refractivity contribution in [2.45, 2.75) is 64.8 Å². The summed E-state index contributed by atoms with van der Waals surface area (Å²) in [4.78, 5) is 37.5. The minimum atomic E-state index is -4.67. The first-order chi connectivity index (χ1) is 25.7. The fraction of sp³-hybridized carbons (Fsp3) is 0.474. The largest absolute Gasteiger partial charge is 0.489 e. The highest BCUT2D eigenvalue weighted by Gasteiger charge is 2.37. The van der Waals surface area contributed by atoms with Gasteiger partial charge in [0.25, 0.3) is 0 Å². The Kier molecular flexibility index (Phi) is 12.1. The molecule has 4 heterocycles. The molecule has 6 rings (SSSR count). The van der Waals surface area contributed by atoms with E-state index in [0.29, 0.717) is 62.7 Å². The number of hydrogen-bond donors (Lipinski definition) is 2. The van der Waals surface area contributed by atoms with Crippen molar-refractivity contribution in [3.05, 3.63) is 80.0 Å². The third-order valence-corrected chi connectivity index (χ3v) is 10.5. The Bertz CT molecular complexity index is 2030. The number of alkyl halides is 3. The smallest absolute Gasteiger partial charge is 0.417 e. The number of benzene rings is 2. The molecule has 54 heavy (non-hydrogen) atoms. The van der Waals surface area contributed by atoms with Crippen LogP contribution in [0, 0.1) is 13.8 Å². The molecule has 1 saturated heterocycles. The minimum Gasteiger partial charge on any atom is -0.489 e. The van der Waals surface area contributed by atoms with Gasteiger partial charge in [-0.15, -0.1) is 0 Å². The zero-order valence-electron chi connectivity index (χ0n) is 30.6. The quantitative estimate of drug-likeness (QED) is 0.111. The normalized spacial score (nSPS) is 17.3. The molecule has 2 aromatic carbocycles. The van der Waals surface area contributed by atoms with Gasteiger partial charge in [-0.25, -0.2) is 14.6 Å². The number of nitrogens with one attached hydrogen (secondary N) is 2. The van der Waals surface area contributed by atoms with Crippen LogP contribution in [0.25, 0.3) is 11.0 Å². The molecule has 0 unspecified atom stereocenters. The lowest BCUT2D eigenvalue weighted by Crippen LogP contribution is -2.49. The first kappa shape index (κ1) is 39.4. The number of hydrogen-bond acceptors (Lipinski definition) is 10. The maximum Gasteiger partial charge on any atom is 0.417 e. The zero-order valence-corrected chi connectivity index (χ0v) is 32.2. The topological polar surface area (TPSA) is 131 Å². The van der Waals surface area contributed by atoms with E-state index in [0.717, 1.165) is 52.9 Å². The van der Waals surface area contributed by atoms with Gasteiger partial charge in [0.1, 0.15) is 24.0 Å². The molecule has 2 amide bonds. The monoisotopic (exact) mass is 816 g/mol. The highest BCUT2D eigenvalue weighted by molar-refractivity contribution is 9.10. The average molecular weight is 818 g/mol. The van der Waals surface area contributed by atoms with Crippen LogP contribution in [0.1, 0.15) is 49.1 Å². The summed E-state index contributed by atoms with van der Waals surface area (Å²) >= 11 is 3.53. The number of carbonyl (C=O) groups is 1. The van der Waals surface area contributed by atoms with Crippen LogP contribution in [-0.2, 0) is 22.1 Å². The van der Waals surface area contributed by atoms with E-state index in [9.17, 15) is 22.8 Å². The SMILES string of the molecule is Cc1cnc(NC(=O)Nc2cc(Br)c(C)cc2OC[C@@H]2CN(CCCOCCN3c4cc5oc(=O)cc(C(F)(F)F)c5cc4CCC3(C)C)CCO2)cn1. The Labute approximate surface area is 319 Å². The molecule has 2 aromatic heterocycles. The number of aryl methyl sites for hydroxylation is 3. The van der Waals surface area contributed by atoms with E-state index in [2.05, 4.69) is 60.2 Å². The second-order valence-electron chi connectivity index (χ2n) is 14.2. The molecule has 16 heteroatoms. The molecule has 0 radical (unpaired) electrons. The molecule has 2 aliphatic rings. The first-order valence-corrected chi connectivity index (χ1v) is 18.6. The molecule has 4 aromatic rings. The van der Waals surface area contributed by atoms with Gasteiger partial charge in [-0.1, -0.05) is 15.9 Å². The summed E-state index contributed by atoms with van der Waals surface area (Å²) in [7, 11) is 0. The number of nitrogens with zero attached hydrogens (tertiary/aromatic N) is 4. The number of amides is 2. The van der Waals surface area contributed by atoms with Crippen LogP contribution < -0.4 is 25.9 Å². The van der Waals surface area contributed by atoms with Gasteiger partial charge in [0.15, 0.2) is 5.82 Å². The first-order valence-electron chi connectivity index (χ1n) is 17.8. The van der Waals surface area contributed by atoms with Gasteiger partial charge >= 0.3 is 17.8 Å². The molecule has 1 fully saturated rings. The van der Waals surface area contributed by atoms with Crippen LogP contribution in [-0.4, -0.2) is 85.1 Å². The van der Waals surface area contributed by atoms with Gasteiger partial charge in [0.2, 0.25) is 0 Å². The molecule has 0 aliphatic carbocycles. The third-order valence-electron chi connectivity index (χ3n) is 9.68. The number of rotatable bonds is 12. The average Bonchev–Trinajstić information content (AvgIpc) is 3.11. The highest BCUT2D eigenvalue weighted by Crippen LogP contribution is 2.41.